The molecule has 7 nitrogen and oxygen atoms in total. The van der Waals surface area contributed by atoms with Gasteiger partial charge >= 0.3 is 0 Å². The summed E-state index contributed by atoms with van der Waals surface area (Å²) in [4.78, 5) is 12.1. The summed E-state index contributed by atoms with van der Waals surface area (Å²) in [5.41, 5.74) is 4.70. The minimum absolute atomic E-state index is 0.00486. The van der Waals surface area contributed by atoms with Crippen molar-refractivity contribution in [1.29, 1.82) is 0 Å². The molecule has 126 valence electrons. The van der Waals surface area contributed by atoms with Crippen LogP contribution in [0.2, 0.25) is 0 Å². The van der Waals surface area contributed by atoms with Crippen LogP contribution in [0.15, 0.2) is 59.7 Å². The molecule has 1 heterocycles. The summed E-state index contributed by atoms with van der Waals surface area (Å²) in [5.74, 6) is 0.105. The number of aromatic amines is 1. The first kappa shape index (κ1) is 16.3. The molecule has 0 aliphatic heterocycles. The Morgan fingerprint density at radius 3 is 2.76 bits per heavy atom. The molecule has 0 saturated heterocycles. The Kier molecular flexibility index (Phi) is 4.75. The quantitative estimate of drug-likeness (QED) is 0.492. The van der Waals surface area contributed by atoms with E-state index in [0.29, 0.717) is 17.0 Å². The van der Waals surface area contributed by atoms with E-state index in [2.05, 4.69) is 20.7 Å². The summed E-state index contributed by atoms with van der Waals surface area (Å²) in [6, 6.07) is 15.9. The van der Waals surface area contributed by atoms with Gasteiger partial charge in [-0.05, 0) is 18.2 Å². The Morgan fingerprint density at radius 2 is 2.04 bits per heavy atom. The van der Waals surface area contributed by atoms with E-state index in [9.17, 15) is 9.90 Å². The average Bonchev–Trinajstić information content (AvgIpc) is 3.14. The molecule has 1 aromatic heterocycles. The monoisotopic (exact) mass is 336 g/mol. The number of aromatic hydroxyl groups is 1. The lowest BCUT2D eigenvalue weighted by molar-refractivity contribution is 0.0950. The number of hydrogen-bond donors (Lipinski definition) is 3. The maximum atomic E-state index is 12.1. The predicted molar refractivity (Wildman–Crippen MR) is 93.7 cm³/mol. The first-order chi connectivity index (χ1) is 12.2. The molecular formula is C18H16N4O3. The van der Waals surface area contributed by atoms with Crippen LogP contribution in [0.1, 0.15) is 16.1 Å². The minimum atomic E-state index is -0.432. The second kappa shape index (κ2) is 7.31. The van der Waals surface area contributed by atoms with Crippen LogP contribution in [0, 0.1) is 0 Å². The van der Waals surface area contributed by atoms with Crippen molar-refractivity contribution in [3.63, 3.8) is 0 Å². The van der Waals surface area contributed by atoms with Gasteiger partial charge in [-0.25, -0.2) is 5.43 Å². The van der Waals surface area contributed by atoms with Gasteiger partial charge in [-0.15, -0.1) is 0 Å². The van der Waals surface area contributed by atoms with Crippen LogP contribution < -0.4 is 10.2 Å². The first-order valence-corrected chi connectivity index (χ1v) is 7.48. The fraction of sp³-hybridized carbons (Fsp3) is 0.0556. The summed E-state index contributed by atoms with van der Waals surface area (Å²) < 4.78 is 5.00. The molecule has 1 amide bonds. The van der Waals surface area contributed by atoms with Crippen molar-refractivity contribution in [2.24, 2.45) is 5.10 Å². The van der Waals surface area contributed by atoms with E-state index in [4.69, 9.17) is 4.74 Å². The molecule has 0 radical (unpaired) electrons. The average molecular weight is 336 g/mol. The Bertz CT molecular complexity index is 904. The Morgan fingerprint density at radius 1 is 1.24 bits per heavy atom. The molecule has 2 aromatic carbocycles. The molecule has 0 aliphatic carbocycles. The molecule has 0 atom stereocenters. The van der Waals surface area contributed by atoms with Crippen molar-refractivity contribution in [3.05, 3.63) is 65.9 Å². The molecule has 3 aromatic rings. The maximum absolute atomic E-state index is 12.1. The number of aromatic nitrogens is 2. The number of benzene rings is 2. The van der Waals surface area contributed by atoms with Gasteiger partial charge in [-0.2, -0.15) is 10.2 Å². The van der Waals surface area contributed by atoms with Gasteiger partial charge < -0.3 is 9.84 Å². The number of ether oxygens (including phenoxy) is 1. The van der Waals surface area contributed by atoms with Crippen molar-refractivity contribution in [2.75, 3.05) is 7.11 Å². The second-order valence-electron chi connectivity index (χ2n) is 5.16. The van der Waals surface area contributed by atoms with Crippen molar-refractivity contribution in [1.82, 2.24) is 15.6 Å². The Hall–Kier alpha value is -3.61. The number of methoxy groups -OCH3 is 1. The van der Waals surface area contributed by atoms with Gasteiger partial charge in [-0.3, -0.25) is 9.89 Å². The van der Waals surface area contributed by atoms with Crippen LogP contribution in [0.4, 0.5) is 0 Å². The topological polar surface area (TPSA) is 99.6 Å². The van der Waals surface area contributed by atoms with E-state index < -0.39 is 5.91 Å². The summed E-state index contributed by atoms with van der Waals surface area (Å²) in [6.07, 6.45) is 1.35. The normalized spacial score (nSPS) is 10.8. The lowest BCUT2D eigenvalue weighted by Gasteiger charge is -2.02. The molecule has 3 N–H and O–H groups in total. The van der Waals surface area contributed by atoms with Gasteiger partial charge in [0.05, 0.1) is 19.0 Å². The second-order valence-corrected chi connectivity index (χ2v) is 5.16. The zero-order valence-corrected chi connectivity index (χ0v) is 13.4. The SMILES string of the molecule is COc1ccc(C=NNC(=O)c2cc(-c3ccccc3)n[nH]2)c(O)c1. The van der Waals surface area contributed by atoms with Gasteiger partial charge in [0.2, 0.25) is 0 Å². The fourth-order valence-corrected chi connectivity index (χ4v) is 2.18. The molecule has 25 heavy (non-hydrogen) atoms. The third-order valence-corrected chi connectivity index (χ3v) is 3.50. The van der Waals surface area contributed by atoms with E-state index >= 15 is 0 Å². The van der Waals surface area contributed by atoms with Gasteiger partial charge in [0.15, 0.2) is 0 Å². The summed E-state index contributed by atoms with van der Waals surface area (Å²) >= 11 is 0. The number of hydrogen-bond acceptors (Lipinski definition) is 5. The van der Waals surface area contributed by atoms with E-state index in [1.807, 2.05) is 30.3 Å². The van der Waals surface area contributed by atoms with Gasteiger partial charge in [-0.1, -0.05) is 30.3 Å². The van der Waals surface area contributed by atoms with E-state index in [-0.39, 0.29) is 11.4 Å². The number of rotatable bonds is 5. The van der Waals surface area contributed by atoms with Crippen LogP contribution in [0.3, 0.4) is 0 Å². The number of phenolic OH excluding ortho intramolecular Hbond substituents is 1. The number of H-pyrrole nitrogens is 1. The number of carbonyl (C=O) groups is 1. The van der Waals surface area contributed by atoms with Gasteiger partial charge in [0.25, 0.3) is 5.91 Å². The molecule has 0 unspecified atom stereocenters. The molecular weight excluding hydrogens is 320 g/mol. The fourth-order valence-electron chi connectivity index (χ4n) is 2.18. The highest BCUT2D eigenvalue weighted by atomic mass is 16.5. The number of hydrazone groups is 1. The standard InChI is InChI=1S/C18H16N4O3/c1-25-14-8-7-13(17(23)9-14)11-19-22-18(24)16-10-15(20-21-16)12-5-3-2-4-6-12/h2-11,23H,1H3,(H,20,21)(H,22,24). The van der Waals surface area contributed by atoms with Crippen LogP contribution in [0.25, 0.3) is 11.3 Å². The number of nitrogens with one attached hydrogen (secondary N) is 2. The minimum Gasteiger partial charge on any atom is -0.507 e. The molecule has 7 heteroatoms. The smallest absolute Gasteiger partial charge is 0.289 e. The molecule has 0 aliphatic rings. The zero-order chi connectivity index (χ0) is 17.6. The summed E-state index contributed by atoms with van der Waals surface area (Å²) in [7, 11) is 1.51. The lowest BCUT2D eigenvalue weighted by Crippen LogP contribution is -2.18. The molecule has 0 saturated carbocycles. The predicted octanol–water partition coefficient (Wildman–Crippen LogP) is 2.55. The number of nitrogens with zero attached hydrogens (tertiary/aromatic N) is 2. The van der Waals surface area contributed by atoms with E-state index in [1.54, 1.807) is 18.2 Å². The van der Waals surface area contributed by atoms with Crippen molar-refractivity contribution >= 4 is 12.1 Å². The van der Waals surface area contributed by atoms with Crippen LogP contribution in [-0.4, -0.2) is 34.5 Å². The van der Waals surface area contributed by atoms with Crippen LogP contribution >= 0.6 is 0 Å². The number of carbonyl (C=O) groups excluding carboxylic acids is 1. The van der Waals surface area contributed by atoms with Gasteiger partial charge in [0, 0.05) is 17.2 Å². The van der Waals surface area contributed by atoms with E-state index in [0.717, 1.165) is 5.56 Å². The lowest BCUT2D eigenvalue weighted by atomic mass is 10.1. The summed E-state index contributed by atoms with van der Waals surface area (Å²) in [6.45, 7) is 0. The summed E-state index contributed by atoms with van der Waals surface area (Å²) in [5, 5.41) is 20.5. The van der Waals surface area contributed by atoms with E-state index in [1.165, 1.54) is 19.4 Å². The van der Waals surface area contributed by atoms with Crippen molar-refractivity contribution < 1.29 is 14.6 Å². The molecule has 3 rings (SSSR count). The zero-order valence-electron chi connectivity index (χ0n) is 13.4. The molecule has 0 bridgehead atoms. The first-order valence-electron chi connectivity index (χ1n) is 7.48. The Balaban J connectivity index is 1.66. The largest absolute Gasteiger partial charge is 0.507 e. The number of amides is 1. The van der Waals surface area contributed by atoms with Crippen LogP contribution in [0.5, 0.6) is 11.5 Å². The van der Waals surface area contributed by atoms with Gasteiger partial charge in [0.1, 0.15) is 17.2 Å². The maximum Gasteiger partial charge on any atom is 0.289 e. The third kappa shape index (κ3) is 3.84. The Labute approximate surface area is 144 Å². The highest BCUT2D eigenvalue weighted by Gasteiger charge is 2.10. The van der Waals surface area contributed by atoms with Crippen LogP contribution in [-0.2, 0) is 0 Å². The highest BCUT2D eigenvalue weighted by Crippen LogP contribution is 2.21. The molecule has 0 fully saturated rings. The van der Waals surface area contributed by atoms with Crippen molar-refractivity contribution in [3.8, 4) is 22.8 Å². The molecule has 0 spiro atoms. The van der Waals surface area contributed by atoms with Crippen molar-refractivity contribution in [2.45, 2.75) is 0 Å². The number of phenols is 1. The third-order valence-electron chi connectivity index (χ3n) is 3.50. The highest BCUT2D eigenvalue weighted by molar-refractivity contribution is 5.94.